The summed E-state index contributed by atoms with van der Waals surface area (Å²) in [5, 5.41) is 11.4. The molecule has 0 unspecified atom stereocenters. The first-order valence-electron chi connectivity index (χ1n) is 5.93. The minimum Gasteiger partial charge on any atom is -0.478 e. The second-order valence-electron chi connectivity index (χ2n) is 4.86. The number of aromatic nitrogens is 1. The van der Waals surface area contributed by atoms with Gasteiger partial charge in [0.2, 0.25) is 0 Å². The SMILES string of the molecule is CC(C)(C)OC(=O)NCC#Cc1ncccc1C(=O)O. The molecule has 1 aromatic heterocycles. The van der Waals surface area contributed by atoms with Gasteiger partial charge in [0, 0.05) is 6.20 Å². The van der Waals surface area contributed by atoms with Gasteiger partial charge in [0.05, 0.1) is 12.1 Å². The number of carboxylic acid groups (broad SMARTS) is 1. The molecule has 6 nitrogen and oxygen atoms in total. The van der Waals surface area contributed by atoms with Crippen LogP contribution in [0.3, 0.4) is 0 Å². The quantitative estimate of drug-likeness (QED) is 0.802. The Morgan fingerprint density at radius 1 is 1.45 bits per heavy atom. The molecule has 0 fully saturated rings. The number of hydrogen-bond acceptors (Lipinski definition) is 4. The van der Waals surface area contributed by atoms with E-state index in [0.717, 1.165) is 0 Å². The van der Waals surface area contributed by atoms with E-state index in [1.165, 1.54) is 18.3 Å². The number of hydrogen-bond donors (Lipinski definition) is 2. The number of nitrogens with zero attached hydrogens (tertiary/aromatic N) is 1. The van der Waals surface area contributed by atoms with E-state index in [1.54, 1.807) is 20.8 Å². The highest BCUT2D eigenvalue weighted by atomic mass is 16.6. The summed E-state index contributed by atoms with van der Waals surface area (Å²) in [6.07, 6.45) is 0.879. The molecular formula is C14H16N2O4. The van der Waals surface area contributed by atoms with Crippen LogP contribution in [-0.4, -0.2) is 34.3 Å². The van der Waals surface area contributed by atoms with E-state index >= 15 is 0 Å². The van der Waals surface area contributed by atoms with Crippen molar-refractivity contribution in [3.8, 4) is 11.8 Å². The summed E-state index contributed by atoms with van der Waals surface area (Å²) < 4.78 is 5.02. The first-order chi connectivity index (χ1) is 9.29. The molecule has 1 rings (SSSR count). The summed E-state index contributed by atoms with van der Waals surface area (Å²) in [7, 11) is 0. The average molecular weight is 276 g/mol. The van der Waals surface area contributed by atoms with Crippen molar-refractivity contribution < 1.29 is 19.4 Å². The molecule has 0 aromatic carbocycles. The fourth-order valence-corrected chi connectivity index (χ4v) is 1.24. The lowest BCUT2D eigenvalue weighted by Crippen LogP contribution is -2.32. The zero-order chi connectivity index (χ0) is 15.2. The largest absolute Gasteiger partial charge is 0.478 e. The third kappa shape index (κ3) is 5.40. The van der Waals surface area contributed by atoms with Gasteiger partial charge in [-0.3, -0.25) is 0 Å². The number of carbonyl (C=O) groups is 2. The van der Waals surface area contributed by atoms with E-state index in [4.69, 9.17) is 9.84 Å². The Hall–Kier alpha value is -2.55. The third-order valence-electron chi connectivity index (χ3n) is 1.96. The first kappa shape index (κ1) is 15.5. The Bertz CT molecular complexity index is 565. The monoisotopic (exact) mass is 276 g/mol. The molecule has 1 heterocycles. The second-order valence-corrected chi connectivity index (χ2v) is 4.86. The van der Waals surface area contributed by atoms with Gasteiger partial charge < -0.3 is 15.2 Å². The molecule has 0 aliphatic heterocycles. The van der Waals surface area contributed by atoms with Gasteiger partial charge in [-0.05, 0) is 38.8 Å². The van der Waals surface area contributed by atoms with Gasteiger partial charge in [0.25, 0.3) is 0 Å². The predicted molar refractivity (Wildman–Crippen MR) is 72.3 cm³/mol. The number of pyridine rings is 1. The number of rotatable bonds is 2. The van der Waals surface area contributed by atoms with Crippen LogP contribution in [0.1, 0.15) is 36.8 Å². The highest BCUT2D eigenvalue weighted by Gasteiger charge is 2.15. The van der Waals surface area contributed by atoms with Gasteiger partial charge >= 0.3 is 12.1 Å². The number of alkyl carbamates (subject to hydrolysis) is 1. The molecule has 0 atom stereocenters. The summed E-state index contributed by atoms with van der Waals surface area (Å²) in [6.45, 7) is 5.31. The molecule has 0 aliphatic rings. The van der Waals surface area contributed by atoms with Crippen molar-refractivity contribution in [3.05, 3.63) is 29.6 Å². The van der Waals surface area contributed by atoms with Crippen molar-refractivity contribution in [2.24, 2.45) is 0 Å². The fourth-order valence-electron chi connectivity index (χ4n) is 1.24. The van der Waals surface area contributed by atoms with Crippen molar-refractivity contribution in [2.75, 3.05) is 6.54 Å². The Kier molecular flexibility index (Phi) is 5.09. The molecule has 1 amide bonds. The molecule has 2 N–H and O–H groups in total. The number of amides is 1. The highest BCUT2D eigenvalue weighted by Crippen LogP contribution is 2.06. The van der Waals surface area contributed by atoms with Crippen LogP contribution in [0.2, 0.25) is 0 Å². The van der Waals surface area contributed by atoms with Gasteiger partial charge in [-0.1, -0.05) is 5.92 Å². The number of ether oxygens (including phenoxy) is 1. The molecule has 0 radical (unpaired) electrons. The topological polar surface area (TPSA) is 88.5 Å². The Morgan fingerprint density at radius 3 is 2.75 bits per heavy atom. The minimum atomic E-state index is -1.09. The number of aromatic carboxylic acids is 1. The summed E-state index contributed by atoms with van der Waals surface area (Å²) in [5.74, 6) is 4.13. The van der Waals surface area contributed by atoms with Gasteiger partial charge in [0.15, 0.2) is 0 Å². The maximum atomic E-state index is 11.3. The Balaban J connectivity index is 2.60. The van der Waals surface area contributed by atoms with Crippen LogP contribution in [-0.2, 0) is 4.74 Å². The third-order valence-corrected chi connectivity index (χ3v) is 1.96. The summed E-state index contributed by atoms with van der Waals surface area (Å²) >= 11 is 0. The van der Waals surface area contributed by atoms with Crippen molar-refractivity contribution in [1.29, 1.82) is 0 Å². The van der Waals surface area contributed by atoms with E-state index in [1.807, 2.05) is 0 Å². The maximum absolute atomic E-state index is 11.3. The van der Waals surface area contributed by atoms with Crippen LogP contribution in [0, 0.1) is 11.8 Å². The molecule has 0 aliphatic carbocycles. The van der Waals surface area contributed by atoms with Crippen molar-refractivity contribution in [1.82, 2.24) is 10.3 Å². The van der Waals surface area contributed by atoms with E-state index in [0.29, 0.717) is 0 Å². The molecule has 0 saturated carbocycles. The maximum Gasteiger partial charge on any atom is 0.408 e. The van der Waals surface area contributed by atoms with E-state index in [9.17, 15) is 9.59 Å². The Morgan fingerprint density at radius 2 is 2.15 bits per heavy atom. The lowest BCUT2D eigenvalue weighted by molar-refractivity contribution is 0.0534. The lowest BCUT2D eigenvalue weighted by atomic mass is 10.2. The lowest BCUT2D eigenvalue weighted by Gasteiger charge is -2.18. The first-order valence-corrected chi connectivity index (χ1v) is 5.93. The smallest absolute Gasteiger partial charge is 0.408 e. The molecule has 0 spiro atoms. The van der Waals surface area contributed by atoms with E-state index in [2.05, 4.69) is 22.1 Å². The Labute approximate surface area is 117 Å². The fraction of sp³-hybridized carbons (Fsp3) is 0.357. The molecule has 0 saturated heterocycles. The van der Waals surface area contributed by atoms with E-state index < -0.39 is 17.7 Å². The van der Waals surface area contributed by atoms with Crippen LogP contribution in [0.5, 0.6) is 0 Å². The second kappa shape index (κ2) is 6.57. The number of carboxylic acids is 1. The average Bonchev–Trinajstić information content (AvgIpc) is 2.33. The molecule has 6 heteroatoms. The van der Waals surface area contributed by atoms with Crippen LogP contribution in [0.4, 0.5) is 4.79 Å². The number of nitrogens with one attached hydrogen (secondary N) is 1. The van der Waals surface area contributed by atoms with Crippen molar-refractivity contribution in [3.63, 3.8) is 0 Å². The van der Waals surface area contributed by atoms with Crippen LogP contribution < -0.4 is 5.32 Å². The van der Waals surface area contributed by atoms with Crippen LogP contribution in [0.25, 0.3) is 0 Å². The summed E-state index contributed by atoms with van der Waals surface area (Å²) in [5.41, 5.74) is -0.391. The zero-order valence-corrected chi connectivity index (χ0v) is 11.6. The van der Waals surface area contributed by atoms with Crippen molar-refractivity contribution in [2.45, 2.75) is 26.4 Å². The predicted octanol–water partition coefficient (Wildman–Crippen LogP) is 1.66. The van der Waals surface area contributed by atoms with Gasteiger partial charge in [-0.15, -0.1) is 0 Å². The van der Waals surface area contributed by atoms with Crippen LogP contribution in [0.15, 0.2) is 18.3 Å². The van der Waals surface area contributed by atoms with Crippen LogP contribution >= 0.6 is 0 Å². The van der Waals surface area contributed by atoms with E-state index in [-0.39, 0.29) is 17.8 Å². The molecule has 0 bridgehead atoms. The zero-order valence-electron chi connectivity index (χ0n) is 11.6. The van der Waals surface area contributed by atoms with Gasteiger partial charge in [0.1, 0.15) is 11.3 Å². The summed E-state index contributed by atoms with van der Waals surface area (Å²) in [4.78, 5) is 26.1. The molecular weight excluding hydrogens is 260 g/mol. The van der Waals surface area contributed by atoms with Gasteiger partial charge in [-0.25, -0.2) is 14.6 Å². The molecule has 1 aromatic rings. The molecule has 20 heavy (non-hydrogen) atoms. The molecule has 106 valence electrons. The number of carbonyl (C=O) groups excluding carboxylic acids is 1. The highest BCUT2D eigenvalue weighted by molar-refractivity contribution is 5.89. The van der Waals surface area contributed by atoms with Crippen molar-refractivity contribution >= 4 is 12.1 Å². The van der Waals surface area contributed by atoms with Gasteiger partial charge in [-0.2, -0.15) is 0 Å². The normalized spacial score (nSPS) is 10.2. The minimum absolute atomic E-state index is 0.0252. The standard InChI is InChI=1S/C14H16N2O4/c1-14(2,3)20-13(19)16-9-5-7-11-10(12(17)18)6-4-8-15-11/h4,6,8H,9H2,1-3H3,(H,16,19)(H,17,18). The summed E-state index contributed by atoms with van der Waals surface area (Å²) in [6, 6.07) is 2.94.